The molecule has 0 saturated carbocycles. The van der Waals surface area contributed by atoms with Gasteiger partial charge in [0.05, 0.1) is 0 Å². The molecule has 47 valence electrons. The first-order chi connectivity index (χ1) is 3.77. The van der Waals surface area contributed by atoms with E-state index < -0.39 is 0 Å². The molecule has 0 aliphatic rings. The Labute approximate surface area is 53.1 Å². The Morgan fingerprint density at radius 1 is 1.50 bits per heavy atom. The van der Waals surface area contributed by atoms with Crippen LogP contribution in [-0.4, -0.2) is 19.9 Å². The van der Waals surface area contributed by atoms with Gasteiger partial charge in [-0.05, 0) is 6.54 Å². The maximum absolute atomic E-state index is 3.32. The average molecular weight is 112 g/mol. The van der Waals surface area contributed by atoms with Crippen LogP contribution in [0, 0.1) is 0 Å². The molecule has 2 heteroatoms. The molecular formula is C6H15BN. The molecule has 1 radical (unpaired) electrons. The number of rotatable bonds is 4. The summed E-state index contributed by atoms with van der Waals surface area (Å²) in [5, 5.41) is 3.32. The summed E-state index contributed by atoms with van der Waals surface area (Å²) in [4.78, 5) is 0. The minimum Gasteiger partial charge on any atom is -0.315 e. The molecule has 0 rings (SSSR count). The van der Waals surface area contributed by atoms with E-state index in [0.29, 0.717) is 6.04 Å². The van der Waals surface area contributed by atoms with E-state index in [9.17, 15) is 0 Å². The van der Waals surface area contributed by atoms with Crippen molar-refractivity contribution in [2.75, 3.05) is 6.54 Å². The van der Waals surface area contributed by atoms with Gasteiger partial charge < -0.3 is 5.32 Å². The van der Waals surface area contributed by atoms with Crippen LogP contribution >= 0.6 is 0 Å². The summed E-state index contributed by atoms with van der Waals surface area (Å²) < 4.78 is 0. The second kappa shape index (κ2) is 5.17. The second-order valence-corrected chi connectivity index (χ2v) is 2.31. The van der Waals surface area contributed by atoms with Crippen molar-refractivity contribution in [1.82, 2.24) is 5.32 Å². The maximum atomic E-state index is 3.32. The maximum Gasteiger partial charge on any atom is 0.107 e. The Hall–Kier alpha value is 0.0249. The third-order valence-corrected chi connectivity index (χ3v) is 0.986. The van der Waals surface area contributed by atoms with E-state index >= 15 is 0 Å². The molecule has 0 amide bonds. The van der Waals surface area contributed by atoms with Gasteiger partial charge in [0, 0.05) is 6.04 Å². The van der Waals surface area contributed by atoms with Gasteiger partial charge in [-0.1, -0.05) is 27.0 Å². The highest BCUT2D eigenvalue weighted by Crippen LogP contribution is 1.78. The predicted octanol–water partition coefficient (Wildman–Crippen LogP) is 1.15. The fourth-order valence-electron chi connectivity index (χ4n) is 0.516. The van der Waals surface area contributed by atoms with Crippen LogP contribution in [0.2, 0.25) is 13.1 Å². The lowest BCUT2D eigenvalue weighted by Crippen LogP contribution is -2.23. The average Bonchev–Trinajstić information content (AvgIpc) is 1.66. The monoisotopic (exact) mass is 112 g/mol. The zero-order chi connectivity index (χ0) is 6.41. The van der Waals surface area contributed by atoms with Gasteiger partial charge >= 0.3 is 0 Å². The van der Waals surface area contributed by atoms with E-state index in [-0.39, 0.29) is 0 Å². The van der Waals surface area contributed by atoms with Crippen molar-refractivity contribution in [3.05, 3.63) is 0 Å². The normalized spacial score (nSPS) is 10.0. The van der Waals surface area contributed by atoms with E-state index in [0.717, 1.165) is 6.54 Å². The van der Waals surface area contributed by atoms with Crippen LogP contribution in [0.4, 0.5) is 0 Å². The minimum absolute atomic E-state index is 0.634. The summed E-state index contributed by atoms with van der Waals surface area (Å²) >= 11 is 0. The van der Waals surface area contributed by atoms with Crippen LogP contribution < -0.4 is 5.32 Å². The molecule has 0 bridgehead atoms. The van der Waals surface area contributed by atoms with Gasteiger partial charge in [0.25, 0.3) is 0 Å². The first-order valence-corrected chi connectivity index (χ1v) is 3.28. The fourth-order valence-corrected chi connectivity index (χ4v) is 0.516. The van der Waals surface area contributed by atoms with E-state index in [2.05, 4.69) is 33.3 Å². The summed E-state index contributed by atoms with van der Waals surface area (Å²) in [7, 11) is 2.18. The van der Waals surface area contributed by atoms with E-state index in [1.807, 2.05) is 0 Å². The lowest BCUT2D eigenvalue weighted by atomic mass is 9.78. The Morgan fingerprint density at radius 2 is 2.12 bits per heavy atom. The number of hydrogen-bond acceptors (Lipinski definition) is 1. The van der Waals surface area contributed by atoms with Crippen molar-refractivity contribution in [2.45, 2.75) is 33.0 Å². The summed E-state index contributed by atoms with van der Waals surface area (Å²) in [5.41, 5.74) is 0. The molecule has 0 aromatic heterocycles. The first kappa shape index (κ1) is 8.02. The van der Waals surface area contributed by atoms with Crippen LogP contribution in [0.15, 0.2) is 0 Å². The highest BCUT2D eigenvalue weighted by atomic mass is 14.9. The second-order valence-electron chi connectivity index (χ2n) is 2.31. The van der Waals surface area contributed by atoms with Crippen LogP contribution in [0.5, 0.6) is 0 Å². The molecule has 8 heavy (non-hydrogen) atoms. The van der Waals surface area contributed by atoms with E-state index in [1.165, 1.54) is 6.32 Å². The Bertz CT molecular complexity index is 45.8. The van der Waals surface area contributed by atoms with E-state index in [4.69, 9.17) is 0 Å². The topological polar surface area (TPSA) is 12.0 Å². The van der Waals surface area contributed by atoms with Crippen molar-refractivity contribution in [3.63, 3.8) is 0 Å². The van der Waals surface area contributed by atoms with Gasteiger partial charge in [-0.2, -0.15) is 0 Å². The van der Waals surface area contributed by atoms with Crippen molar-refractivity contribution in [1.29, 1.82) is 0 Å². The molecular weight excluding hydrogens is 96.9 g/mol. The van der Waals surface area contributed by atoms with Crippen molar-refractivity contribution in [2.24, 2.45) is 0 Å². The molecule has 0 fully saturated rings. The highest BCUT2D eigenvalue weighted by molar-refractivity contribution is 6.33. The van der Waals surface area contributed by atoms with Gasteiger partial charge in [-0.25, -0.2) is 0 Å². The third kappa shape index (κ3) is 6.02. The van der Waals surface area contributed by atoms with Crippen molar-refractivity contribution >= 4 is 7.28 Å². The predicted molar refractivity (Wildman–Crippen MR) is 39.6 cm³/mol. The van der Waals surface area contributed by atoms with Crippen LogP contribution in [0.25, 0.3) is 0 Å². The van der Waals surface area contributed by atoms with Gasteiger partial charge in [0.15, 0.2) is 0 Å². The van der Waals surface area contributed by atoms with Crippen LogP contribution in [0.1, 0.15) is 13.8 Å². The summed E-state index contributed by atoms with van der Waals surface area (Å²) in [5.74, 6) is 0. The molecule has 1 nitrogen and oxygen atoms in total. The number of hydrogen-bond donors (Lipinski definition) is 1. The molecule has 0 unspecified atom stereocenters. The molecule has 0 aromatic rings. The Kier molecular flexibility index (Phi) is 5.18. The zero-order valence-corrected chi connectivity index (χ0v) is 6.07. The number of nitrogens with one attached hydrogen (secondary N) is 1. The van der Waals surface area contributed by atoms with Gasteiger partial charge in [0.2, 0.25) is 0 Å². The summed E-state index contributed by atoms with van der Waals surface area (Å²) in [6.45, 7) is 7.53. The molecule has 0 aliphatic carbocycles. The minimum atomic E-state index is 0.634. The summed E-state index contributed by atoms with van der Waals surface area (Å²) in [6.07, 6.45) is 1.18. The molecule has 0 spiro atoms. The van der Waals surface area contributed by atoms with Crippen molar-refractivity contribution in [3.8, 4) is 0 Å². The lowest BCUT2D eigenvalue weighted by molar-refractivity contribution is 0.612. The van der Waals surface area contributed by atoms with Crippen LogP contribution in [-0.2, 0) is 0 Å². The van der Waals surface area contributed by atoms with Gasteiger partial charge in [0.1, 0.15) is 7.28 Å². The van der Waals surface area contributed by atoms with Gasteiger partial charge in [-0.15, -0.1) is 0 Å². The molecule has 0 aromatic carbocycles. The Morgan fingerprint density at radius 3 is 2.50 bits per heavy atom. The quantitative estimate of drug-likeness (QED) is 0.425. The third-order valence-electron chi connectivity index (χ3n) is 0.986. The Balaban J connectivity index is 2.72. The smallest absolute Gasteiger partial charge is 0.107 e. The standard InChI is InChI=1S/C6H15BN/c1-6(2)8-5-4-7-3/h6,8H,4-5H2,1-3H3. The SMILES string of the molecule is C[B]CCNC(C)C. The fraction of sp³-hybridized carbons (Fsp3) is 1.00. The highest BCUT2D eigenvalue weighted by Gasteiger charge is 1.88. The molecule has 0 saturated heterocycles. The molecule has 0 heterocycles. The molecule has 1 N–H and O–H groups in total. The largest absolute Gasteiger partial charge is 0.315 e. The lowest BCUT2D eigenvalue weighted by Gasteiger charge is -2.04. The van der Waals surface area contributed by atoms with Crippen molar-refractivity contribution < 1.29 is 0 Å². The molecule has 0 atom stereocenters. The van der Waals surface area contributed by atoms with Gasteiger partial charge in [-0.3, -0.25) is 0 Å². The zero-order valence-electron chi connectivity index (χ0n) is 6.07. The molecule has 0 aliphatic heterocycles. The first-order valence-electron chi connectivity index (χ1n) is 3.28. The van der Waals surface area contributed by atoms with Crippen LogP contribution in [0.3, 0.4) is 0 Å². The summed E-state index contributed by atoms with van der Waals surface area (Å²) in [6, 6.07) is 0.634. The van der Waals surface area contributed by atoms with E-state index in [1.54, 1.807) is 0 Å².